The molecule has 0 spiro atoms. The smallest absolute Gasteiger partial charge is 0.267 e. The molecule has 0 radical (unpaired) electrons. The molecule has 0 saturated carbocycles. The molecular weight excluding hydrogens is 476 g/mol. The maximum absolute atomic E-state index is 12.8. The van der Waals surface area contributed by atoms with E-state index in [-0.39, 0.29) is 11.4 Å². The number of carbonyl (C=O) groups is 1. The van der Waals surface area contributed by atoms with Crippen molar-refractivity contribution >= 4 is 39.9 Å². The molecule has 0 aliphatic heterocycles. The summed E-state index contributed by atoms with van der Waals surface area (Å²) in [5.74, 6) is 0.837. The Kier molecular flexibility index (Phi) is 6.26. The molecule has 0 fully saturated rings. The number of nitrogens with one attached hydrogen (secondary N) is 4. The number of rotatable bonds is 7. The Hall–Kier alpha value is -4.44. The van der Waals surface area contributed by atoms with Crippen LogP contribution >= 0.6 is 12.2 Å². The summed E-state index contributed by atoms with van der Waals surface area (Å²) >= 11 is 5.47. The largest absolute Gasteiger partial charge is 0.493 e. The van der Waals surface area contributed by atoms with Crippen LogP contribution in [-0.4, -0.2) is 46.2 Å². The Morgan fingerprint density at radius 1 is 1.06 bits per heavy atom. The van der Waals surface area contributed by atoms with E-state index in [0.29, 0.717) is 46.0 Å². The zero-order valence-corrected chi connectivity index (χ0v) is 20.5. The van der Waals surface area contributed by atoms with Gasteiger partial charge in [0.05, 0.1) is 19.7 Å². The molecule has 36 heavy (non-hydrogen) atoms. The van der Waals surface area contributed by atoms with Gasteiger partial charge in [-0.15, -0.1) is 0 Å². The van der Waals surface area contributed by atoms with Gasteiger partial charge >= 0.3 is 0 Å². The molecule has 2 aromatic carbocycles. The van der Waals surface area contributed by atoms with Crippen LogP contribution in [0.2, 0.25) is 0 Å². The van der Waals surface area contributed by atoms with Gasteiger partial charge in [-0.05, 0) is 48.1 Å². The Morgan fingerprint density at radius 2 is 1.86 bits per heavy atom. The number of benzene rings is 2. The Bertz CT molecular complexity index is 1700. The van der Waals surface area contributed by atoms with E-state index in [9.17, 15) is 4.79 Å². The lowest BCUT2D eigenvalue weighted by molar-refractivity contribution is 0.0948. The van der Waals surface area contributed by atoms with Gasteiger partial charge in [0, 0.05) is 53.4 Å². The van der Waals surface area contributed by atoms with Crippen molar-refractivity contribution < 1.29 is 14.3 Å². The number of hydrogen-bond donors (Lipinski definition) is 4. The number of H-pyrrole nitrogens is 2. The number of aromatic nitrogens is 4. The quantitative estimate of drug-likeness (QED) is 0.250. The molecule has 0 unspecified atom stereocenters. The van der Waals surface area contributed by atoms with Crippen LogP contribution in [0.1, 0.15) is 10.5 Å². The molecule has 0 atom stereocenters. The average molecular weight is 501 g/mol. The highest BCUT2D eigenvalue weighted by atomic mass is 32.1. The zero-order chi connectivity index (χ0) is 25.2. The molecule has 9 nitrogen and oxygen atoms in total. The number of amides is 1. The number of nitrogens with zero attached hydrogens (tertiary/aromatic N) is 2. The van der Waals surface area contributed by atoms with E-state index in [1.165, 1.54) is 0 Å². The van der Waals surface area contributed by atoms with Gasteiger partial charge in [0.1, 0.15) is 11.2 Å². The Morgan fingerprint density at radius 3 is 2.61 bits per heavy atom. The van der Waals surface area contributed by atoms with E-state index < -0.39 is 0 Å². The summed E-state index contributed by atoms with van der Waals surface area (Å²) in [6, 6.07) is 15.2. The molecule has 5 rings (SSSR count). The minimum atomic E-state index is -0.233. The molecule has 0 bridgehead atoms. The Labute approximate surface area is 211 Å². The molecule has 3 heterocycles. The predicted molar refractivity (Wildman–Crippen MR) is 140 cm³/mol. The summed E-state index contributed by atoms with van der Waals surface area (Å²) in [7, 11) is 3.10. The van der Waals surface area contributed by atoms with Crippen LogP contribution in [0.4, 0.5) is 0 Å². The molecule has 182 valence electrons. The molecule has 0 aliphatic carbocycles. The maximum atomic E-state index is 12.8. The molecular formula is C26H24N6O3S. The van der Waals surface area contributed by atoms with E-state index in [2.05, 4.69) is 20.3 Å². The van der Waals surface area contributed by atoms with Crippen LogP contribution in [0.15, 0.2) is 60.9 Å². The van der Waals surface area contributed by atoms with Crippen LogP contribution in [0.3, 0.4) is 0 Å². The van der Waals surface area contributed by atoms with Crippen LogP contribution < -0.4 is 20.3 Å². The van der Waals surface area contributed by atoms with Gasteiger partial charge in [-0.25, -0.2) is 0 Å². The van der Waals surface area contributed by atoms with Crippen molar-refractivity contribution in [3.8, 4) is 22.6 Å². The fourth-order valence-electron chi connectivity index (χ4n) is 4.17. The fourth-order valence-corrected chi connectivity index (χ4v) is 4.46. The number of methoxy groups -OCH3 is 2. The second-order valence-corrected chi connectivity index (χ2v) is 8.55. The molecule has 4 N–H and O–H groups in total. The number of hydrogen-bond acceptors (Lipinski definition) is 6. The summed E-state index contributed by atoms with van der Waals surface area (Å²) in [5, 5.41) is 13.1. The first-order valence-electron chi connectivity index (χ1n) is 11.2. The van der Waals surface area contributed by atoms with Crippen molar-refractivity contribution in [2.45, 2.75) is 6.54 Å². The van der Waals surface area contributed by atoms with Crippen molar-refractivity contribution in [2.75, 3.05) is 20.8 Å². The van der Waals surface area contributed by atoms with Crippen molar-refractivity contribution in [2.24, 2.45) is 0 Å². The van der Waals surface area contributed by atoms with Crippen LogP contribution in [0.25, 0.3) is 32.9 Å². The molecule has 5 aromatic rings. The molecule has 10 heteroatoms. The molecule has 1 amide bonds. The SMILES string of the molecule is COc1cc2[nH]c(=S)n(CCNC(=O)c3cc4cc(-c5cccnc5)ccc4[nH]3)c(=N)c2cc1OC. The van der Waals surface area contributed by atoms with Crippen LogP contribution in [0.5, 0.6) is 11.5 Å². The first-order valence-corrected chi connectivity index (χ1v) is 11.6. The van der Waals surface area contributed by atoms with Gasteiger partial charge in [-0.2, -0.15) is 0 Å². The standard InChI is InChI=1S/C26H24N6O3S/c1-34-22-12-18-20(13-23(22)35-2)31-26(36)32(24(18)27)9-8-29-25(33)21-11-17-10-15(5-6-19(17)30-21)16-4-3-7-28-14-16/h3-7,10-14,27,30H,8-9H2,1-2H3,(H,29,33)(H,31,36). The van der Waals surface area contributed by atoms with Gasteiger partial charge in [-0.1, -0.05) is 12.1 Å². The third-order valence-electron chi connectivity index (χ3n) is 6.02. The van der Waals surface area contributed by atoms with Crippen LogP contribution in [-0.2, 0) is 6.54 Å². The van der Waals surface area contributed by atoms with E-state index in [1.807, 2.05) is 42.6 Å². The number of fused-ring (bicyclic) bond motifs is 2. The third kappa shape index (κ3) is 4.34. The fraction of sp³-hybridized carbons (Fsp3) is 0.154. The number of aromatic amines is 2. The first kappa shape index (κ1) is 23.3. The van der Waals surface area contributed by atoms with Crippen molar-refractivity contribution in [1.82, 2.24) is 24.8 Å². The highest BCUT2D eigenvalue weighted by Gasteiger charge is 2.12. The second-order valence-electron chi connectivity index (χ2n) is 8.17. The van der Waals surface area contributed by atoms with Crippen molar-refractivity contribution in [1.29, 1.82) is 5.41 Å². The van der Waals surface area contributed by atoms with Crippen LogP contribution in [0, 0.1) is 10.2 Å². The van der Waals surface area contributed by atoms with Gasteiger partial charge in [-0.3, -0.25) is 15.2 Å². The number of ether oxygens (including phenoxy) is 2. The van der Waals surface area contributed by atoms with Gasteiger partial charge in [0.25, 0.3) is 5.91 Å². The van der Waals surface area contributed by atoms with E-state index in [4.69, 9.17) is 27.1 Å². The zero-order valence-electron chi connectivity index (χ0n) is 19.7. The first-order chi connectivity index (χ1) is 17.5. The maximum Gasteiger partial charge on any atom is 0.267 e. The minimum Gasteiger partial charge on any atom is -0.493 e. The number of pyridine rings is 1. The lowest BCUT2D eigenvalue weighted by Crippen LogP contribution is -2.32. The predicted octanol–water partition coefficient (Wildman–Crippen LogP) is 4.17. The van der Waals surface area contributed by atoms with Crippen molar-refractivity contribution in [3.05, 3.63) is 76.9 Å². The summed E-state index contributed by atoms with van der Waals surface area (Å²) in [5.41, 5.74) is 4.27. The minimum absolute atomic E-state index is 0.220. The second kappa shape index (κ2) is 9.67. The van der Waals surface area contributed by atoms with E-state index in [0.717, 1.165) is 22.0 Å². The normalized spacial score (nSPS) is 11.1. The lowest BCUT2D eigenvalue weighted by atomic mass is 10.1. The van der Waals surface area contributed by atoms with Gasteiger partial charge < -0.3 is 29.3 Å². The number of carbonyl (C=O) groups excluding carboxylic acids is 1. The van der Waals surface area contributed by atoms with Gasteiger partial charge in [0.2, 0.25) is 0 Å². The molecule has 0 aliphatic rings. The molecule has 0 saturated heterocycles. The molecule has 3 aromatic heterocycles. The highest BCUT2D eigenvalue weighted by molar-refractivity contribution is 7.71. The lowest BCUT2D eigenvalue weighted by Gasteiger charge is -2.13. The van der Waals surface area contributed by atoms with E-state index in [1.54, 1.807) is 37.1 Å². The summed E-state index contributed by atoms with van der Waals surface area (Å²) in [6.07, 6.45) is 3.55. The Balaban J connectivity index is 1.33. The summed E-state index contributed by atoms with van der Waals surface area (Å²) < 4.78 is 12.7. The highest BCUT2D eigenvalue weighted by Crippen LogP contribution is 2.30. The van der Waals surface area contributed by atoms with Crippen molar-refractivity contribution in [3.63, 3.8) is 0 Å². The monoisotopic (exact) mass is 500 g/mol. The third-order valence-corrected chi connectivity index (χ3v) is 6.34. The average Bonchev–Trinajstić information content (AvgIpc) is 3.34. The topological polar surface area (TPSA) is 121 Å². The van der Waals surface area contributed by atoms with E-state index >= 15 is 0 Å². The van der Waals surface area contributed by atoms with Gasteiger partial charge in [0.15, 0.2) is 16.3 Å². The summed E-state index contributed by atoms with van der Waals surface area (Å²) in [6.45, 7) is 0.623. The summed E-state index contributed by atoms with van der Waals surface area (Å²) in [4.78, 5) is 23.3.